The molecular formula is C18H19N3O2S. The van der Waals surface area contributed by atoms with Crippen LogP contribution in [0.25, 0.3) is 0 Å². The summed E-state index contributed by atoms with van der Waals surface area (Å²) in [6, 6.07) is 13.0. The van der Waals surface area contributed by atoms with E-state index in [0.717, 1.165) is 16.8 Å². The Morgan fingerprint density at radius 1 is 1.17 bits per heavy atom. The quantitative estimate of drug-likeness (QED) is 0.386. The summed E-state index contributed by atoms with van der Waals surface area (Å²) in [4.78, 5) is 11.4. The van der Waals surface area contributed by atoms with Gasteiger partial charge in [0.25, 0.3) is 0 Å². The van der Waals surface area contributed by atoms with Crippen molar-refractivity contribution in [2.75, 3.05) is 12.4 Å². The minimum absolute atomic E-state index is 0.365. The standard InChI is InChI=1S/C18H19N3O2S/c1-12-4-9-16(13(2)10-12)20-18(24)21-19-11-14-5-7-15(8-6-14)17(22)23-3/h4-11H,1-3H3,(H2,20,21,24)/b19-11-. The summed E-state index contributed by atoms with van der Waals surface area (Å²) in [6.45, 7) is 4.06. The van der Waals surface area contributed by atoms with Gasteiger partial charge in [-0.25, -0.2) is 4.79 Å². The lowest BCUT2D eigenvalue weighted by Gasteiger charge is -2.10. The Balaban J connectivity index is 1.91. The lowest BCUT2D eigenvalue weighted by molar-refractivity contribution is 0.0600. The van der Waals surface area contributed by atoms with E-state index in [1.54, 1.807) is 30.5 Å². The maximum atomic E-state index is 11.4. The molecule has 0 heterocycles. The fraction of sp³-hybridized carbons (Fsp3) is 0.167. The van der Waals surface area contributed by atoms with Crippen LogP contribution >= 0.6 is 12.2 Å². The molecule has 0 aliphatic rings. The van der Waals surface area contributed by atoms with Crippen molar-refractivity contribution < 1.29 is 9.53 Å². The summed E-state index contributed by atoms with van der Waals surface area (Å²) in [6.07, 6.45) is 1.62. The first-order chi connectivity index (χ1) is 11.5. The van der Waals surface area contributed by atoms with E-state index in [9.17, 15) is 4.79 Å². The fourth-order valence-corrected chi connectivity index (χ4v) is 2.26. The molecule has 2 rings (SSSR count). The van der Waals surface area contributed by atoms with Crippen molar-refractivity contribution >= 4 is 35.2 Å². The number of aryl methyl sites for hydroxylation is 2. The number of nitrogens with one attached hydrogen (secondary N) is 2. The van der Waals surface area contributed by atoms with E-state index >= 15 is 0 Å². The summed E-state index contributed by atoms with van der Waals surface area (Å²) in [5.74, 6) is -0.365. The Labute approximate surface area is 146 Å². The number of hydrazone groups is 1. The summed E-state index contributed by atoms with van der Waals surface area (Å²) < 4.78 is 4.65. The molecule has 0 bridgehead atoms. The number of nitrogens with zero attached hydrogens (tertiary/aromatic N) is 1. The number of esters is 1. The SMILES string of the molecule is COC(=O)c1ccc(/C=N\NC(=S)Nc2ccc(C)cc2C)cc1. The number of rotatable bonds is 4. The highest BCUT2D eigenvalue weighted by molar-refractivity contribution is 7.80. The van der Waals surface area contributed by atoms with Gasteiger partial charge in [-0.05, 0) is 55.4 Å². The summed E-state index contributed by atoms with van der Waals surface area (Å²) in [5.41, 5.74) is 7.35. The molecule has 5 nitrogen and oxygen atoms in total. The molecule has 2 aromatic carbocycles. The van der Waals surface area contributed by atoms with Crippen LogP contribution in [-0.2, 0) is 4.74 Å². The van der Waals surface area contributed by atoms with Gasteiger partial charge in [0.2, 0.25) is 0 Å². The molecule has 24 heavy (non-hydrogen) atoms. The number of hydrogen-bond acceptors (Lipinski definition) is 4. The largest absolute Gasteiger partial charge is 0.465 e. The van der Waals surface area contributed by atoms with Crippen molar-refractivity contribution in [3.63, 3.8) is 0 Å². The van der Waals surface area contributed by atoms with Crippen molar-refractivity contribution in [1.82, 2.24) is 5.43 Å². The molecule has 0 aromatic heterocycles. The Hall–Kier alpha value is -2.73. The van der Waals surface area contributed by atoms with Gasteiger partial charge < -0.3 is 10.1 Å². The molecule has 0 saturated carbocycles. The molecular weight excluding hydrogens is 322 g/mol. The van der Waals surface area contributed by atoms with Crippen LogP contribution in [0.5, 0.6) is 0 Å². The second-order valence-electron chi connectivity index (χ2n) is 5.26. The summed E-state index contributed by atoms with van der Waals surface area (Å²) in [5, 5.41) is 7.59. The number of benzene rings is 2. The summed E-state index contributed by atoms with van der Waals surface area (Å²) >= 11 is 5.22. The Morgan fingerprint density at radius 2 is 1.88 bits per heavy atom. The van der Waals surface area contributed by atoms with E-state index in [1.807, 2.05) is 26.0 Å². The number of ether oxygens (including phenoxy) is 1. The number of carbonyl (C=O) groups is 1. The van der Waals surface area contributed by atoms with E-state index in [-0.39, 0.29) is 5.97 Å². The van der Waals surface area contributed by atoms with Crippen molar-refractivity contribution in [3.05, 3.63) is 64.7 Å². The van der Waals surface area contributed by atoms with E-state index in [0.29, 0.717) is 10.7 Å². The first-order valence-corrected chi connectivity index (χ1v) is 7.76. The van der Waals surface area contributed by atoms with E-state index < -0.39 is 0 Å². The number of hydrogen-bond donors (Lipinski definition) is 2. The minimum atomic E-state index is -0.365. The van der Waals surface area contributed by atoms with Crippen LogP contribution in [0.15, 0.2) is 47.6 Å². The molecule has 2 N–H and O–H groups in total. The Kier molecular flexibility index (Phi) is 6.03. The molecule has 0 aliphatic heterocycles. The van der Waals surface area contributed by atoms with Crippen LogP contribution in [0.1, 0.15) is 27.0 Å². The molecule has 0 atom stereocenters. The second-order valence-corrected chi connectivity index (χ2v) is 5.66. The van der Waals surface area contributed by atoms with Crippen LogP contribution in [0, 0.1) is 13.8 Å². The molecule has 0 aliphatic carbocycles. The smallest absolute Gasteiger partial charge is 0.337 e. The average Bonchev–Trinajstić information content (AvgIpc) is 2.57. The maximum absolute atomic E-state index is 11.4. The van der Waals surface area contributed by atoms with Gasteiger partial charge >= 0.3 is 5.97 Å². The topological polar surface area (TPSA) is 62.7 Å². The van der Waals surface area contributed by atoms with Crippen LogP contribution in [-0.4, -0.2) is 24.4 Å². The zero-order valence-corrected chi connectivity index (χ0v) is 14.6. The molecule has 0 spiro atoms. The number of thiocarbonyl (C=S) groups is 1. The maximum Gasteiger partial charge on any atom is 0.337 e. The van der Waals surface area contributed by atoms with Gasteiger partial charge in [0, 0.05) is 5.69 Å². The van der Waals surface area contributed by atoms with Gasteiger partial charge in [-0.3, -0.25) is 5.43 Å². The molecule has 2 aromatic rings. The van der Waals surface area contributed by atoms with Gasteiger partial charge in [-0.1, -0.05) is 29.8 Å². The zero-order chi connectivity index (χ0) is 17.5. The normalized spacial score (nSPS) is 10.5. The highest BCUT2D eigenvalue weighted by atomic mass is 32.1. The highest BCUT2D eigenvalue weighted by Crippen LogP contribution is 2.15. The zero-order valence-electron chi connectivity index (χ0n) is 13.8. The third-order valence-electron chi connectivity index (χ3n) is 3.34. The predicted molar refractivity (Wildman–Crippen MR) is 101 cm³/mol. The lowest BCUT2D eigenvalue weighted by atomic mass is 10.1. The van der Waals surface area contributed by atoms with Crippen LogP contribution in [0.3, 0.4) is 0 Å². The van der Waals surface area contributed by atoms with Crippen LogP contribution in [0.2, 0.25) is 0 Å². The summed E-state index contributed by atoms with van der Waals surface area (Å²) in [7, 11) is 1.35. The molecule has 6 heteroatoms. The second kappa shape index (κ2) is 8.21. The first kappa shape index (κ1) is 17.6. The molecule has 0 amide bonds. The number of anilines is 1. The van der Waals surface area contributed by atoms with Crippen LogP contribution in [0.4, 0.5) is 5.69 Å². The Morgan fingerprint density at radius 3 is 2.50 bits per heavy atom. The first-order valence-electron chi connectivity index (χ1n) is 7.35. The third kappa shape index (κ3) is 4.89. The van der Waals surface area contributed by atoms with Crippen molar-refractivity contribution in [2.24, 2.45) is 5.10 Å². The van der Waals surface area contributed by atoms with Crippen molar-refractivity contribution in [1.29, 1.82) is 0 Å². The van der Waals surface area contributed by atoms with E-state index in [2.05, 4.69) is 26.6 Å². The molecule has 0 radical (unpaired) electrons. The van der Waals surface area contributed by atoms with E-state index in [1.165, 1.54) is 12.7 Å². The predicted octanol–water partition coefficient (Wildman–Crippen LogP) is 3.41. The van der Waals surface area contributed by atoms with Gasteiger partial charge in [0.05, 0.1) is 18.9 Å². The Bertz CT molecular complexity index is 770. The average molecular weight is 341 g/mol. The van der Waals surface area contributed by atoms with Crippen molar-refractivity contribution in [2.45, 2.75) is 13.8 Å². The lowest BCUT2D eigenvalue weighted by Crippen LogP contribution is -2.24. The molecule has 0 unspecified atom stereocenters. The van der Waals surface area contributed by atoms with Crippen LogP contribution < -0.4 is 10.7 Å². The highest BCUT2D eigenvalue weighted by Gasteiger charge is 2.03. The fourth-order valence-electron chi connectivity index (χ4n) is 2.09. The number of carbonyl (C=O) groups excluding carboxylic acids is 1. The van der Waals surface area contributed by atoms with E-state index in [4.69, 9.17) is 12.2 Å². The van der Waals surface area contributed by atoms with Gasteiger partial charge in [0.1, 0.15) is 0 Å². The monoisotopic (exact) mass is 341 g/mol. The molecule has 0 saturated heterocycles. The number of methoxy groups -OCH3 is 1. The van der Waals surface area contributed by atoms with Gasteiger partial charge in [0.15, 0.2) is 5.11 Å². The van der Waals surface area contributed by atoms with Gasteiger partial charge in [-0.15, -0.1) is 0 Å². The molecule has 0 fully saturated rings. The molecule has 124 valence electrons. The van der Waals surface area contributed by atoms with Crippen molar-refractivity contribution in [3.8, 4) is 0 Å². The minimum Gasteiger partial charge on any atom is -0.465 e. The third-order valence-corrected chi connectivity index (χ3v) is 3.53. The van der Waals surface area contributed by atoms with Gasteiger partial charge in [-0.2, -0.15) is 5.10 Å².